The van der Waals surface area contributed by atoms with Crippen LogP contribution in [0.2, 0.25) is 0 Å². The molecule has 0 saturated carbocycles. The Balaban J connectivity index is 2.69. The molecule has 0 radical (unpaired) electrons. The van der Waals surface area contributed by atoms with Crippen molar-refractivity contribution >= 4 is 5.69 Å². The van der Waals surface area contributed by atoms with Crippen LogP contribution >= 0.6 is 0 Å². The van der Waals surface area contributed by atoms with E-state index in [0.717, 1.165) is 19.6 Å². The summed E-state index contributed by atoms with van der Waals surface area (Å²) in [6.45, 7) is 13.4. The van der Waals surface area contributed by atoms with Crippen LogP contribution in [0.25, 0.3) is 0 Å². The molecule has 1 aromatic carbocycles. The van der Waals surface area contributed by atoms with E-state index >= 15 is 0 Å². The Hall–Kier alpha value is -1.28. The Labute approximate surface area is 112 Å². The minimum atomic E-state index is 0.425. The molecule has 0 aliphatic rings. The van der Waals surface area contributed by atoms with E-state index in [1.807, 2.05) is 6.08 Å². The normalized spacial score (nSPS) is 12.2. The van der Waals surface area contributed by atoms with E-state index in [1.54, 1.807) is 0 Å². The number of nitrogens with zero attached hydrogens (tertiary/aromatic N) is 1. The number of benzene rings is 1. The van der Waals surface area contributed by atoms with Gasteiger partial charge in [-0.05, 0) is 44.5 Å². The van der Waals surface area contributed by atoms with Gasteiger partial charge in [-0.15, -0.1) is 6.58 Å². The molecule has 100 valence electrons. The molecular formula is C16H26N2. The Morgan fingerprint density at radius 1 is 1.28 bits per heavy atom. The monoisotopic (exact) mass is 246 g/mol. The Morgan fingerprint density at radius 2 is 1.94 bits per heavy atom. The summed E-state index contributed by atoms with van der Waals surface area (Å²) in [6.07, 6.45) is 3.12. The van der Waals surface area contributed by atoms with E-state index in [-0.39, 0.29) is 0 Å². The van der Waals surface area contributed by atoms with Gasteiger partial charge in [0, 0.05) is 24.8 Å². The maximum absolute atomic E-state index is 3.80. The minimum absolute atomic E-state index is 0.425. The van der Waals surface area contributed by atoms with Crippen LogP contribution < -0.4 is 10.2 Å². The van der Waals surface area contributed by atoms with Gasteiger partial charge in [0.25, 0.3) is 0 Å². The van der Waals surface area contributed by atoms with Gasteiger partial charge in [0.15, 0.2) is 0 Å². The van der Waals surface area contributed by atoms with Crippen LogP contribution in [0, 0.1) is 0 Å². The summed E-state index contributed by atoms with van der Waals surface area (Å²) >= 11 is 0. The van der Waals surface area contributed by atoms with Crippen molar-refractivity contribution in [1.29, 1.82) is 0 Å². The Morgan fingerprint density at radius 3 is 2.44 bits per heavy atom. The lowest BCUT2D eigenvalue weighted by Gasteiger charge is -2.22. The van der Waals surface area contributed by atoms with Crippen LogP contribution in [0.3, 0.4) is 0 Å². The van der Waals surface area contributed by atoms with Crippen molar-refractivity contribution in [2.75, 3.05) is 24.5 Å². The third-order valence-corrected chi connectivity index (χ3v) is 3.19. The zero-order valence-corrected chi connectivity index (χ0v) is 11.9. The lowest BCUT2D eigenvalue weighted by atomic mass is 10.1. The molecule has 0 amide bonds. The largest absolute Gasteiger partial charge is 0.368 e. The van der Waals surface area contributed by atoms with Crippen molar-refractivity contribution in [2.24, 2.45) is 0 Å². The topological polar surface area (TPSA) is 15.3 Å². The average Bonchev–Trinajstić information content (AvgIpc) is 2.42. The van der Waals surface area contributed by atoms with Gasteiger partial charge in [-0.1, -0.05) is 25.1 Å². The molecular weight excluding hydrogens is 220 g/mol. The first-order chi connectivity index (χ1) is 8.72. The number of hydrogen-bond donors (Lipinski definition) is 1. The molecule has 0 saturated heterocycles. The van der Waals surface area contributed by atoms with Crippen LogP contribution in [-0.4, -0.2) is 19.6 Å². The van der Waals surface area contributed by atoms with Gasteiger partial charge in [-0.25, -0.2) is 0 Å². The highest BCUT2D eigenvalue weighted by Crippen LogP contribution is 2.19. The SMILES string of the molecule is C=CCN(CC)c1ccc(C(C)NCCC)cc1. The smallest absolute Gasteiger partial charge is 0.0369 e. The lowest BCUT2D eigenvalue weighted by molar-refractivity contribution is 0.571. The Bertz CT molecular complexity index is 343. The molecule has 1 atom stereocenters. The molecule has 0 aromatic heterocycles. The van der Waals surface area contributed by atoms with Gasteiger partial charge >= 0.3 is 0 Å². The van der Waals surface area contributed by atoms with Gasteiger partial charge in [0.2, 0.25) is 0 Å². The summed E-state index contributed by atoms with van der Waals surface area (Å²) in [7, 11) is 0. The third kappa shape index (κ3) is 4.19. The Kier molecular flexibility index (Phi) is 6.51. The molecule has 0 bridgehead atoms. The molecule has 1 N–H and O–H groups in total. The predicted octanol–water partition coefficient (Wildman–Crippen LogP) is 3.76. The van der Waals surface area contributed by atoms with Crippen LogP contribution in [0.15, 0.2) is 36.9 Å². The first-order valence-corrected chi connectivity index (χ1v) is 6.92. The van der Waals surface area contributed by atoms with Crippen LogP contribution in [0.4, 0.5) is 5.69 Å². The second kappa shape index (κ2) is 7.93. The number of nitrogens with one attached hydrogen (secondary N) is 1. The molecule has 2 nitrogen and oxygen atoms in total. The maximum Gasteiger partial charge on any atom is 0.0369 e. The van der Waals surface area contributed by atoms with E-state index in [2.05, 4.69) is 61.8 Å². The van der Waals surface area contributed by atoms with Crippen LogP contribution in [0.5, 0.6) is 0 Å². The summed E-state index contributed by atoms with van der Waals surface area (Å²) in [5.41, 5.74) is 2.62. The minimum Gasteiger partial charge on any atom is -0.368 e. The molecule has 0 aliphatic heterocycles. The summed E-state index contributed by atoms with van der Waals surface area (Å²) in [5.74, 6) is 0. The molecule has 1 unspecified atom stereocenters. The average molecular weight is 246 g/mol. The highest BCUT2D eigenvalue weighted by atomic mass is 15.1. The summed E-state index contributed by atoms with van der Waals surface area (Å²) in [6, 6.07) is 9.26. The molecule has 0 heterocycles. The van der Waals surface area contributed by atoms with E-state index in [4.69, 9.17) is 0 Å². The molecule has 18 heavy (non-hydrogen) atoms. The van der Waals surface area contributed by atoms with Gasteiger partial charge in [0.05, 0.1) is 0 Å². The first kappa shape index (κ1) is 14.8. The van der Waals surface area contributed by atoms with Crippen molar-refractivity contribution < 1.29 is 0 Å². The van der Waals surface area contributed by atoms with Crippen molar-refractivity contribution in [3.05, 3.63) is 42.5 Å². The van der Waals surface area contributed by atoms with Crippen molar-refractivity contribution in [2.45, 2.75) is 33.2 Å². The van der Waals surface area contributed by atoms with E-state index in [9.17, 15) is 0 Å². The quantitative estimate of drug-likeness (QED) is 0.703. The van der Waals surface area contributed by atoms with Crippen LogP contribution in [-0.2, 0) is 0 Å². The maximum atomic E-state index is 3.80. The third-order valence-electron chi connectivity index (χ3n) is 3.19. The van der Waals surface area contributed by atoms with Gasteiger partial charge in [-0.3, -0.25) is 0 Å². The molecule has 0 fully saturated rings. The van der Waals surface area contributed by atoms with Gasteiger partial charge in [0.1, 0.15) is 0 Å². The highest BCUT2D eigenvalue weighted by molar-refractivity contribution is 5.48. The van der Waals surface area contributed by atoms with Gasteiger partial charge < -0.3 is 10.2 Å². The second-order valence-corrected chi connectivity index (χ2v) is 4.59. The van der Waals surface area contributed by atoms with Crippen molar-refractivity contribution in [3.8, 4) is 0 Å². The van der Waals surface area contributed by atoms with Crippen molar-refractivity contribution in [1.82, 2.24) is 5.32 Å². The molecule has 1 rings (SSSR count). The van der Waals surface area contributed by atoms with E-state index < -0.39 is 0 Å². The fraction of sp³-hybridized carbons (Fsp3) is 0.500. The summed E-state index contributed by atoms with van der Waals surface area (Å²) in [4.78, 5) is 2.31. The molecule has 0 spiro atoms. The number of hydrogen-bond acceptors (Lipinski definition) is 2. The first-order valence-electron chi connectivity index (χ1n) is 6.92. The van der Waals surface area contributed by atoms with Gasteiger partial charge in [-0.2, -0.15) is 0 Å². The second-order valence-electron chi connectivity index (χ2n) is 4.59. The molecule has 0 aliphatic carbocycles. The zero-order chi connectivity index (χ0) is 13.4. The fourth-order valence-corrected chi connectivity index (χ4v) is 2.03. The number of likely N-dealkylation sites (N-methyl/N-ethyl adjacent to an activating group) is 1. The van der Waals surface area contributed by atoms with Crippen LogP contribution in [0.1, 0.15) is 38.8 Å². The lowest BCUT2D eigenvalue weighted by Crippen LogP contribution is -2.23. The predicted molar refractivity (Wildman–Crippen MR) is 81.2 cm³/mol. The zero-order valence-electron chi connectivity index (χ0n) is 11.9. The van der Waals surface area contributed by atoms with E-state index in [1.165, 1.54) is 17.7 Å². The standard InChI is InChI=1S/C16H26N2/c1-5-12-17-14(4)15-8-10-16(11-9-15)18(7-3)13-6-2/h6,8-11,14,17H,2,5,7,12-13H2,1,3-4H3. The summed E-state index contributed by atoms with van der Waals surface area (Å²) in [5, 5.41) is 3.51. The number of rotatable bonds is 8. The molecule has 2 heteroatoms. The van der Waals surface area contributed by atoms with E-state index in [0.29, 0.717) is 6.04 Å². The highest BCUT2D eigenvalue weighted by Gasteiger charge is 2.06. The fourth-order valence-electron chi connectivity index (χ4n) is 2.03. The number of anilines is 1. The molecule has 1 aromatic rings. The summed E-state index contributed by atoms with van der Waals surface area (Å²) < 4.78 is 0. The van der Waals surface area contributed by atoms with Crippen molar-refractivity contribution in [3.63, 3.8) is 0 Å².